The molecule has 0 bridgehead atoms. The Labute approximate surface area is 186 Å². The second kappa shape index (κ2) is 9.55. The van der Waals surface area contributed by atoms with Crippen LogP contribution >= 0.6 is 15.9 Å². The van der Waals surface area contributed by atoms with Crippen molar-refractivity contribution < 1.29 is 22.7 Å². The second-order valence-corrected chi connectivity index (χ2v) is 7.15. The Bertz CT molecular complexity index is 1240. The fourth-order valence-corrected chi connectivity index (χ4v) is 2.92. The van der Waals surface area contributed by atoms with E-state index in [-0.39, 0.29) is 11.3 Å². The number of benzene rings is 3. The zero-order valence-corrected chi connectivity index (χ0v) is 17.8. The summed E-state index contributed by atoms with van der Waals surface area (Å²) in [6.07, 6.45) is -4.46. The number of carbonyl (C=O) groups excluding carboxylic acids is 1. The Morgan fingerprint density at radius 2 is 1.48 bits per heavy atom. The highest BCUT2D eigenvalue weighted by Crippen LogP contribution is 2.31. The van der Waals surface area contributed by atoms with Gasteiger partial charge in [-0.1, -0.05) is 29.9 Å². The maximum absolute atomic E-state index is 13.0. The summed E-state index contributed by atoms with van der Waals surface area (Å²) in [6, 6.07) is 16.7. The van der Waals surface area contributed by atoms with E-state index < -0.39 is 11.7 Å². The van der Waals surface area contributed by atoms with Crippen molar-refractivity contribution in [1.82, 2.24) is 0 Å². The first-order valence-electron chi connectivity index (χ1n) is 8.96. The molecule has 0 unspecified atom stereocenters. The monoisotopic (exact) mass is 482 g/mol. The maximum atomic E-state index is 13.0. The lowest BCUT2D eigenvalue weighted by atomic mass is 10.1. The Kier molecular flexibility index (Phi) is 6.84. The van der Waals surface area contributed by atoms with Gasteiger partial charge in [-0.2, -0.15) is 13.2 Å². The van der Waals surface area contributed by atoms with Crippen LogP contribution in [0, 0.1) is 23.7 Å². The van der Waals surface area contributed by atoms with E-state index in [9.17, 15) is 18.0 Å². The molecule has 0 heterocycles. The highest BCUT2D eigenvalue weighted by molar-refractivity contribution is 9.10. The van der Waals surface area contributed by atoms with Crippen LogP contribution in [0.3, 0.4) is 0 Å². The van der Waals surface area contributed by atoms with Crippen LogP contribution in [0.5, 0.6) is 5.75 Å². The van der Waals surface area contributed by atoms with Crippen LogP contribution in [0.2, 0.25) is 0 Å². The largest absolute Gasteiger partial charge is 0.497 e. The van der Waals surface area contributed by atoms with Gasteiger partial charge in [0.15, 0.2) is 0 Å². The van der Waals surface area contributed by atoms with Gasteiger partial charge in [-0.15, -0.1) is 0 Å². The van der Waals surface area contributed by atoms with Crippen LogP contribution in [0.15, 0.2) is 71.2 Å². The van der Waals surface area contributed by atoms with E-state index in [1.54, 1.807) is 48.5 Å². The van der Waals surface area contributed by atoms with E-state index >= 15 is 0 Å². The molecule has 0 amide bonds. The molecule has 3 rings (SSSR count). The number of ether oxygens (including phenoxy) is 1. The predicted octanol–water partition coefficient (Wildman–Crippen LogP) is 6.11. The minimum absolute atomic E-state index is 0.201. The third-order valence-electron chi connectivity index (χ3n) is 4.22. The average molecular weight is 483 g/mol. The summed E-state index contributed by atoms with van der Waals surface area (Å²) in [7, 11) is 1.53. The quantitative estimate of drug-likeness (QED) is 0.325. The summed E-state index contributed by atoms with van der Waals surface area (Å²) in [4.78, 5) is 12.3. The fourth-order valence-electron chi connectivity index (χ4n) is 2.57. The van der Waals surface area contributed by atoms with Crippen LogP contribution in [0.1, 0.15) is 32.6 Å². The molecule has 0 aliphatic heterocycles. The second-order valence-electron chi connectivity index (χ2n) is 6.30. The first kappa shape index (κ1) is 22.2. The molecule has 0 aromatic heterocycles. The van der Waals surface area contributed by atoms with Gasteiger partial charge in [0.05, 0.1) is 12.7 Å². The first-order chi connectivity index (χ1) is 14.8. The van der Waals surface area contributed by atoms with Gasteiger partial charge in [0.1, 0.15) is 5.75 Å². The van der Waals surface area contributed by atoms with Crippen LogP contribution in [0.4, 0.5) is 13.2 Å². The molecule has 31 heavy (non-hydrogen) atoms. The highest BCUT2D eigenvalue weighted by Gasteiger charge is 2.30. The summed E-state index contributed by atoms with van der Waals surface area (Å²) in [5.74, 6) is 11.2. The lowest BCUT2D eigenvalue weighted by molar-refractivity contribution is -0.137. The molecule has 0 fully saturated rings. The van der Waals surface area contributed by atoms with Crippen molar-refractivity contribution in [1.29, 1.82) is 0 Å². The molecule has 0 atom stereocenters. The lowest BCUT2D eigenvalue weighted by Gasteiger charge is -2.07. The number of alkyl halides is 3. The van der Waals surface area contributed by atoms with Crippen LogP contribution < -0.4 is 4.74 Å². The summed E-state index contributed by atoms with van der Waals surface area (Å²) in [6.45, 7) is 0. The van der Waals surface area contributed by atoms with Gasteiger partial charge in [0, 0.05) is 26.7 Å². The summed E-state index contributed by atoms with van der Waals surface area (Å²) in [5, 5.41) is 0. The zero-order valence-electron chi connectivity index (χ0n) is 16.2. The molecular formula is C25H14BrF3O2. The number of methoxy groups -OCH3 is 1. The first-order valence-corrected chi connectivity index (χ1v) is 9.75. The number of hydrogen-bond acceptors (Lipinski definition) is 2. The van der Waals surface area contributed by atoms with E-state index in [0.29, 0.717) is 26.9 Å². The Morgan fingerprint density at radius 3 is 2.10 bits per heavy atom. The molecule has 0 saturated heterocycles. The molecule has 2 nitrogen and oxygen atoms in total. The van der Waals surface area contributed by atoms with Crippen LogP contribution in [-0.4, -0.2) is 12.9 Å². The van der Waals surface area contributed by atoms with Crippen LogP contribution in [0.25, 0.3) is 0 Å². The van der Waals surface area contributed by atoms with E-state index in [0.717, 1.165) is 12.1 Å². The Balaban J connectivity index is 1.90. The summed E-state index contributed by atoms with van der Waals surface area (Å²) < 4.78 is 44.4. The topological polar surface area (TPSA) is 26.3 Å². The van der Waals surface area contributed by atoms with Crippen molar-refractivity contribution in [3.8, 4) is 29.4 Å². The Hall–Kier alpha value is -3.48. The number of Topliss-reactive ketones (excluding diaryl/α,β-unsaturated/α-hetero) is 1. The predicted molar refractivity (Wildman–Crippen MR) is 116 cm³/mol. The maximum Gasteiger partial charge on any atom is 0.416 e. The van der Waals surface area contributed by atoms with Crippen molar-refractivity contribution in [2.24, 2.45) is 0 Å². The normalized spacial score (nSPS) is 10.4. The number of ketones is 1. The van der Waals surface area contributed by atoms with Crippen molar-refractivity contribution in [3.05, 3.63) is 99.0 Å². The van der Waals surface area contributed by atoms with E-state index in [1.807, 2.05) is 0 Å². The van der Waals surface area contributed by atoms with Gasteiger partial charge < -0.3 is 4.74 Å². The molecule has 0 radical (unpaired) electrons. The van der Waals surface area contributed by atoms with Gasteiger partial charge in [-0.25, -0.2) is 0 Å². The van der Waals surface area contributed by atoms with Crippen molar-refractivity contribution in [2.75, 3.05) is 7.11 Å². The van der Waals surface area contributed by atoms with E-state index in [4.69, 9.17) is 4.74 Å². The average Bonchev–Trinajstić information content (AvgIpc) is 2.76. The van der Waals surface area contributed by atoms with Crippen molar-refractivity contribution in [2.45, 2.75) is 6.18 Å². The van der Waals surface area contributed by atoms with Gasteiger partial charge in [-0.05, 0) is 76.4 Å². The van der Waals surface area contributed by atoms with Gasteiger partial charge in [0.25, 0.3) is 0 Å². The third-order valence-corrected chi connectivity index (χ3v) is 4.91. The number of carbonyl (C=O) groups is 1. The number of halogens is 4. The minimum Gasteiger partial charge on any atom is -0.497 e. The minimum atomic E-state index is -4.46. The zero-order chi connectivity index (χ0) is 22.4. The SMILES string of the molecule is COc1ccc(C(=O)C#Cc2ccccc2C#Cc2cc(C(F)(F)F)ccc2Br)cc1. The van der Waals surface area contributed by atoms with Crippen LogP contribution in [-0.2, 0) is 6.18 Å². The molecule has 0 N–H and O–H groups in total. The molecule has 0 aliphatic rings. The molecule has 0 spiro atoms. The number of rotatable bonds is 2. The van der Waals surface area contributed by atoms with Gasteiger partial charge >= 0.3 is 6.18 Å². The van der Waals surface area contributed by atoms with E-state index in [1.165, 1.54) is 13.2 Å². The highest BCUT2D eigenvalue weighted by atomic mass is 79.9. The van der Waals surface area contributed by atoms with Gasteiger partial charge in [-0.3, -0.25) is 4.79 Å². The summed E-state index contributed by atoms with van der Waals surface area (Å²) in [5.41, 5.74) is 0.844. The molecular weight excluding hydrogens is 469 g/mol. The fraction of sp³-hybridized carbons (Fsp3) is 0.0800. The molecule has 6 heteroatoms. The standard InChI is InChI=1S/C25H14BrF3O2/c1-31-22-12-8-19(9-13-22)24(30)15-10-18-5-3-2-4-17(18)6-7-20-16-21(25(27,28)29)11-14-23(20)26/h2-5,8-9,11-14,16H,1H3. The van der Waals surface area contributed by atoms with Gasteiger partial charge in [0.2, 0.25) is 5.78 Å². The molecule has 0 aliphatic carbocycles. The number of hydrogen-bond donors (Lipinski definition) is 0. The molecule has 154 valence electrons. The Morgan fingerprint density at radius 1 is 0.871 bits per heavy atom. The lowest BCUT2D eigenvalue weighted by Crippen LogP contribution is -2.04. The van der Waals surface area contributed by atoms with Crippen molar-refractivity contribution in [3.63, 3.8) is 0 Å². The van der Waals surface area contributed by atoms with E-state index in [2.05, 4.69) is 39.6 Å². The molecule has 3 aromatic carbocycles. The smallest absolute Gasteiger partial charge is 0.416 e. The van der Waals surface area contributed by atoms with Crippen molar-refractivity contribution >= 4 is 21.7 Å². The molecule has 0 saturated carbocycles. The molecule has 3 aromatic rings. The third kappa shape index (κ3) is 5.78. The summed E-state index contributed by atoms with van der Waals surface area (Å²) >= 11 is 3.22.